The van der Waals surface area contributed by atoms with Crippen LogP contribution in [-0.4, -0.2) is 33.1 Å². The van der Waals surface area contributed by atoms with Crippen molar-refractivity contribution < 1.29 is 13.2 Å². The van der Waals surface area contributed by atoms with Crippen LogP contribution in [0.15, 0.2) is 47.1 Å². The Labute approximate surface area is 151 Å². The molecule has 0 spiro atoms. The Hall–Kier alpha value is -3.80. The van der Waals surface area contributed by atoms with E-state index in [-0.39, 0.29) is 11.5 Å². The van der Waals surface area contributed by atoms with Gasteiger partial charge in [-0.15, -0.1) is 10.2 Å². The van der Waals surface area contributed by atoms with Crippen LogP contribution < -0.4 is 5.32 Å². The molecule has 0 aliphatic rings. The summed E-state index contributed by atoms with van der Waals surface area (Å²) >= 11 is 0. The monoisotopic (exact) mass is 366 g/mol. The van der Waals surface area contributed by atoms with Crippen LogP contribution in [0.1, 0.15) is 5.56 Å². The largest absolute Gasteiger partial charge is 0.416 e. The Kier molecular flexibility index (Phi) is 4.22. The number of nitriles is 1. The molecular weight excluding hydrogens is 354 g/mol. The Bertz CT molecular complexity index is 1140. The van der Waals surface area contributed by atoms with E-state index < -0.39 is 13.0 Å². The zero-order valence-electron chi connectivity index (χ0n) is 13.8. The van der Waals surface area contributed by atoms with Crippen LogP contribution in [-0.2, 0) is 0 Å². The highest BCUT2D eigenvalue weighted by atomic mass is 19.3. The summed E-state index contributed by atoms with van der Waals surface area (Å²) in [6.07, 6.45) is -0.935. The Morgan fingerprint density at radius 2 is 2.04 bits per heavy atom. The molecule has 27 heavy (non-hydrogen) atoms. The highest BCUT2D eigenvalue weighted by Crippen LogP contribution is 2.29. The topological polar surface area (TPSA) is 103 Å². The zero-order chi connectivity index (χ0) is 18.8. The fourth-order valence-electron chi connectivity index (χ4n) is 2.70. The number of benzene rings is 2. The third kappa shape index (κ3) is 3.20. The van der Waals surface area contributed by atoms with Gasteiger partial charge in [-0.1, -0.05) is 6.07 Å². The smallest absolute Gasteiger partial charge is 0.255 e. The first-order valence-corrected chi connectivity index (χ1v) is 7.98. The average molecular weight is 366 g/mol. The molecule has 134 valence electrons. The van der Waals surface area contributed by atoms with E-state index in [1.807, 2.05) is 24.3 Å². The van der Waals surface area contributed by atoms with E-state index in [2.05, 4.69) is 25.5 Å². The minimum absolute atomic E-state index is 0.210. The molecule has 0 bridgehead atoms. The van der Waals surface area contributed by atoms with Gasteiger partial charge >= 0.3 is 0 Å². The van der Waals surface area contributed by atoms with Crippen molar-refractivity contribution in [3.8, 4) is 29.0 Å². The molecule has 7 nitrogen and oxygen atoms in total. The van der Waals surface area contributed by atoms with Gasteiger partial charge in [0.15, 0.2) is 0 Å². The quantitative estimate of drug-likeness (QED) is 0.556. The second-order valence-corrected chi connectivity index (χ2v) is 5.66. The van der Waals surface area contributed by atoms with Crippen LogP contribution in [0.2, 0.25) is 0 Å². The van der Waals surface area contributed by atoms with Crippen LogP contribution in [0.3, 0.4) is 0 Å². The van der Waals surface area contributed by atoms with Crippen molar-refractivity contribution in [2.45, 2.75) is 6.43 Å². The van der Waals surface area contributed by atoms with Crippen LogP contribution in [0, 0.1) is 11.3 Å². The summed E-state index contributed by atoms with van der Waals surface area (Å²) in [7, 11) is 0. The van der Waals surface area contributed by atoms with E-state index in [9.17, 15) is 14.0 Å². The number of rotatable bonds is 5. The first-order chi connectivity index (χ1) is 13.2. The summed E-state index contributed by atoms with van der Waals surface area (Å²) in [6.45, 7) is -0.535. The molecule has 2 N–H and O–H groups in total. The van der Waals surface area contributed by atoms with Gasteiger partial charge in [0.25, 0.3) is 6.43 Å². The van der Waals surface area contributed by atoms with Gasteiger partial charge in [-0.25, -0.2) is 13.8 Å². The molecule has 0 atom stereocenters. The summed E-state index contributed by atoms with van der Waals surface area (Å²) in [5.74, 6) is 0.510. The fraction of sp³-hybridized carbons (Fsp3) is 0.111. The molecule has 0 saturated carbocycles. The number of imidazole rings is 1. The van der Waals surface area contributed by atoms with Crippen molar-refractivity contribution in [1.29, 1.82) is 5.26 Å². The fourth-order valence-corrected chi connectivity index (χ4v) is 2.70. The molecule has 2 aromatic carbocycles. The molecule has 4 rings (SSSR count). The highest BCUT2D eigenvalue weighted by Gasteiger charge is 2.15. The molecule has 2 aromatic heterocycles. The first kappa shape index (κ1) is 16.7. The molecule has 0 saturated heterocycles. The van der Waals surface area contributed by atoms with Gasteiger partial charge in [0.05, 0.1) is 35.2 Å². The minimum Gasteiger partial charge on any atom is -0.416 e. The molecule has 2 heterocycles. The molecular formula is C18H12F2N6O. The van der Waals surface area contributed by atoms with Gasteiger partial charge in [0.1, 0.15) is 11.6 Å². The number of H-pyrrole nitrogens is 1. The maximum atomic E-state index is 12.4. The van der Waals surface area contributed by atoms with Gasteiger partial charge in [-0.05, 0) is 30.3 Å². The third-order valence-corrected chi connectivity index (χ3v) is 3.94. The predicted octanol–water partition coefficient (Wildman–Crippen LogP) is 3.83. The maximum absolute atomic E-state index is 12.4. The van der Waals surface area contributed by atoms with Crippen LogP contribution in [0.4, 0.5) is 14.5 Å². The summed E-state index contributed by atoms with van der Waals surface area (Å²) in [6, 6.07) is 12.2. The molecule has 0 radical (unpaired) electrons. The molecule has 4 aromatic rings. The van der Waals surface area contributed by atoms with Crippen molar-refractivity contribution in [3.63, 3.8) is 0 Å². The molecule has 0 amide bonds. The lowest BCUT2D eigenvalue weighted by atomic mass is 10.1. The molecule has 9 heteroatoms. The Balaban J connectivity index is 1.67. The minimum atomic E-state index is -2.51. The van der Waals surface area contributed by atoms with E-state index >= 15 is 0 Å². The third-order valence-electron chi connectivity index (χ3n) is 3.94. The molecule has 0 aliphatic heterocycles. The Morgan fingerprint density at radius 1 is 1.19 bits per heavy atom. The number of fused-ring (bicyclic) bond motifs is 1. The summed E-state index contributed by atoms with van der Waals surface area (Å²) < 4.78 is 30.5. The van der Waals surface area contributed by atoms with Gasteiger partial charge in [-0.2, -0.15) is 5.26 Å². The van der Waals surface area contributed by atoms with Crippen molar-refractivity contribution >= 4 is 16.7 Å². The first-order valence-electron chi connectivity index (χ1n) is 7.98. The number of aromatic nitrogens is 4. The SMILES string of the molecule is N#Cc1cc(-c2nnc(-c3cccc4[nH]cnc34)o2)ccc1NCC(F)F. The Morgan fingerprint density at radius 3 is 2.85 bits per heavy atom. The van der Waals surface area contributed by atoms with Crippen LogP contribution >= 0.6 is 0 Å². The van der Waals surface area contributed by atoms with E-state index in [1.165, 1.54) is 12.1 Å². The lowest BCUT2D eigenvalue weighted by Gasteiger charge is -2.08. The van der Waals surface area contributed by atoms with E-state index in [4.69, 9.17) is 4.42 Å². The molecule has 0 unspecified atom stereocenters. The normalized spacial score (nSPS) is 11.0. The van der Waals surface area contributed by atoms with Crippen molar-refractivity contribution in [3.05, 3.63) is 48.3 Å². The van der Waals surface area contributed by atoms with Gasteiger partial charge < -0.3 is 14.7 Å². The van der Waals surface area contributed by atoms with Gasteiger partial charge in [0.2, 0.25) is 11.8 Å². The predicted molar refractivity (Wildman–Crippen MR) is 94.0 cm³/mol. The van der Waals surface area contributed by atoms with Crippen molar-refractivity contribution in [2.24, 2.45) is 0 Å². The number of hydrogen-bond donors (Lipinski definition) is 2. The summed E-state index contributed by atoms with van der Waals surface area (Å²) in [5, 5.41) is 19.9. The number of nitrogens with zero attached hydrogens (tertiary/aromatic N) is 4. The number of para-hydroxylation sites is 1. The van der Waals surface area contributed by atoms with E-state index in [0.29, 0.717) is 28.2 Å². The average Bonchev–Trinajstić information content (AvgIpc) is 3.35. The number of nitrogens with one attached hydrogen (secondary N) is 2. The number of halogens is 2. The van der Waals surface area contributed by atoms with Gasteiger partial charge in [-0.3, -0.25) is 0 Å². The van der Waals surface area contributed by atoms with E-state index in [0.717, 1.165) is 5.52 Å². The number of anilines is 1. The number of alkyl halides is 2. The van der Waals surface area contributed by atoms with Crippen molar-refractivity contribution in [1.82, 2.24) is 20.2 Å². The zero-order valence-corrected chi connectivity index (χ0v) is 13.8. The van der Waals surface area contributed by atoms with Crippen LogP contribution in [0.5, 0.6) is 0 Å². The number of aromatic amines is 1. The second kappa shape index (κ2) is 6.84. The molecule has 0 aliphatic carbocycles. The van der Waals surface area contributed by atoms with Gasteiger partial charge in [0, 0.05) is 5.56 Å². The van der Waals surface area contributed by atoms with Crippen LogP contribution in [0.25, 0.3) is 33.9 Å². The lowest BCUT2D eigenvalue weighted by molar-refractivity contribution is 0.163. The standard InChI is InChI=1S/C18H12F2N6O/c19-15(20)8-22-13-5-4-10(6-11(13)7-21)17-25-26-18(27-17)12-2-1-3-14-16(12)24-9-23-14/h1-6,9,15,22H,8H2,(H,23,24). The molecule has 0 fully saturated rings. The lowest BCUT2D eigenvalue weighted by Crippen LogP contribution is -2.11. The summed E-state index contributed by atoms with van der Waals surface area (Å²) in [4.78, 5) is 7.27. The number of hydrogen-bond acceptors (Lipinski definition) is 6. The second-order valence-electron chi connectivity index (χ2n) is 5.66. The summed E-state index contributed by atoms with van der Waals surface area (Å²) in [5.41, 5.74) is 3.28. The van der Waals surface area contributed by atoms with E-state index in [1.54, 1.807) is 12.4 Å². The maximum Gasteiger partial charge on any atom is 0.255 e. The highest BCUT2D eigenvalue weighted by molar-refractivity contribution is 5.89. The van der Waals surface area contributed by atoms with Crippen molar-refractivity contribution in [2.75, 3.05) is 11.9 Å².